The van der Waals surface area contributed by atoms with Gasteiger partial charge in [-0.05, 0) is 49.4 Å². The van der Waals surface area contributed by atoms with Crippen molar-refractivity contribution in [2.45, 2.75) is 44.8 Å². The number of halogens is 2. The quantitative estimate of drug-likeness (QED) is 0.768. The highest BCUT2D eigenvalue weighted by atomic mass is 35.5. The predicted molar refractivity (Wildman–Crippen MR) is 112 cm³/mol. The Kier molecular flexibility index (Phi) is 6.34. The summed E-state index contributed by atoms with van der Waals surface area (Å²) in [7, 11) is 0. The third-order valence-electron chi connectivity index (χ3n) is 5.57. The molecule has 30 heavy (non-hydrogen) atoms. The molecule has 0 spiro atoms. The molecule has 0 aliphatic carbocycles. The van der Waals surface area contributed by atoms with Crippen LogP contribution < -0.4 is 10.6 Å². The van der Waals surface area contributed by atoms with Gasteiger partial charge in [0.1, 0.15) is 5.82 Å². The second kappa shape index (κ2) is 9.14. The first-order valence-electron chi connectivity index (χ1n) is 10.2. The van der Waals surface area contributed by atoms with Gasteiger partial charge in [0, 0.05) is 32.0 Å². The van der Waals surface area contributed by atoms with Crippen LogP contribution in [0, 0.1) is 5.82 Å². The van der Waals surface area contributed by atoms with E-state index >= 15 is 0 Å². The largest absolute Gasteiger partial charge is 0.381 e. The number of aromatic nitrogens is 2. The van der Waals surface area contributed by atoms with Crippen LogP contribution in [-0.2, 0) is 17.7 Å². The van der Waals surface area contributed by atoms with Crippen LogP contribution >= 0.6 is 11.6 Å². The van der Waals surface area contributed by atoms with Crippen molar-refractivity contribution in [1.82, 2.24) is 20.2 Å². The third kappa shape index (κ3) is 4.82. The highest BCUT2D eigenvalue weighted by Crippen LogP contribution is 2.22. The fraction of sp³-hybridized carbons (Fsp3) is 0.476. The van der Waals surface area contributed by atoms with Crippen molar-refractivity contribution in [2.75, 3.05) is 25.1 Å². The van der Waals surface area contributed by atoms with E-state index in [1.165, 1.54) is 12.1 Å². The number of rotatable bonds is 4. The molecule has 0 bridgehead atoms. The van der Waals surface area contributed by atoms with Crippen molar-refractivity contribution in [3.8, 4) is 0 Å². The van der Waals surface area contributed by atoms with Crippen LogP contribution in [0.1, 0.15) is 42.6 Å². The van der Waals surface area contributed by atoms with Crippen molar-refractivity contribution in [1.29, 1.82) is 0 Å². The van der Waals surface area contributed by atoms with Gasteiger partial charge in [-0.25, -0.2) is 19.2 Å². The Morgan fingerprint density at radius 3 is 2.93 bits per heavy atom. The molecule has 0 saturated carbocycles. The molecule has 2 aliphatic heterocycles. The van der Waals surface area contributed by atoms with E-state index in [0.29, 0.717) is 31.5 Å². The van der Waals surface area contributed by atoms with Crippen LogP contribution in [0.25, 0.3) is 0 Å². The molecule has 4 rings (SSSR count). The average Bonchev–Trinajstić information content (AvgIpc) is 2.75. The number of hydrogen-bond donors (Lipinski definition) is 2. The number of benzene rings is 1. The number of nitrogens with zero attached hydrogens (tertiary/aromatic N) is 3. The Morgan fingerprint density at radius 2 is 2.17 bits per heavy atom. The number of hydrogen-bond acceptors (Lipinski definition) is 5. The van der Waals surface area contributed by atoms with Crippen LogP contribution in [-0.4, -0.2) is 46.7 Å². The maximum absolute atomic E-state index is 13.4. The standard InChI is InChI=1S/C21H25ClFN5O2/c1-13(14-2-3-18(23)17(22)10-14)25-21(29)28-7-4-15-11-24-20(27-19(15)12-28)26-16-5-8-30-9-6-16/h2-3,10-11,13,16H,4-9,12H2,1H3,(H,25,29)(H,24,26,27)/t13-/m1/s1. The van der Waals surface area contributed by atoms with E-state index in [2.05, 4.69) is 20.6 Å². The first-order chi connectivity index (χ1) is 14.5. The molecule has 0 radical (unpaired) electrons. The minimum absolute atomic E-state index is 0.0433. The third-order valence-corrected chi connectivity index (χ3v) is 5.86. The van der Waals surface area contributed by atoms with Crippen molar-refractivity contribution in [3.63, 3.8) is 0 Å². The topological polar surface area (TPSA) is 79.4 Å². The van der Waals surface area contributed by atoms with Crippen LogP contribution in [0.5, 0.6) is 0 Å². The fourth-order valence-corrected chi connectivity index (χ4v) is 3.90. The van der Waals surface area contributed by atoms with E-state index < -0.39 is 5.82 Å². The lowest BCUT2D eigenvalue weighted by Gasteiger charge is -2.30. The summed E-state index contributed by atoms with van der Waals surface area (Å²) in [5, 5.41) is 6.37. The van der Waals surface area contributed by atoms with E-state index in [9.17, 15) is 9.18 Å². The summed E-state index contributed by atoms with van der Waals surface area (Å²) < 4.78 is 18.8. The minimum Gasteiger partial charge on any atom is -0.381 e. The number of urea groups is 1. The summed E-state index contributed by atoms with van der Waals surface area (Å²) in [6.45, 7) is 4.34. The van der Waals surface area contributed by atoms with Gasteiger partial charge in [0.15, 0.2) is 0 Å². The normalized spacial score (nSPS) is 17.9. The van der Waals surface area contributed by atoms with Gasteiger partial charge < -0.3 is 20.3 Å². The predicted octanol–water partition coefficient (Wildman–Crippen LogP) is 3.69. The van der Waals surface area contributed by atoms with Crippen molar-refractivity contribution < 1.29 is 13.9 Å². The molecule has 1 atom stereocenters. The molecule has 160 valence electrons. The van der Waals surface area contributed by atoms with Crippen molar-refractivity contribution in [3.05, 3.63) is 52.1 Å². The molecule has 7 nitrogen and oxygen atoms in total. The van der Waals surface area contributed by atoms with Gasteiger partial charge in [-0.2, -0.15) is 0 Å². The molecule has 2 amide bonds. The van der Waals surface area contributed by atoms with Gasteiger partial charge in [0.05, 0.1) is 23.3 Å². The van der Waals surface area contributed by atoms with Gasteiger partial charge in [0.25, 0.3) is 0 Å². The molecule has 2 aliphatic rings. The Balaban J connectivity index is 1.39. The van der Waals surface area contributed by atoms with E-state index in [-0.39, 0.29) is 17.1 Å². The van der Waals surface area contributed by atoms with Gasteiger partial charge in [0.2, 0.25) is 5.95 Å². The lowest BCUT2D eigenvalue weighted by molar-refractivity contribution is 0.0903. The number of ether oxygens (including phenoxy) is 1. The zero-order valence-electron chi connectivity index (χ0n) is 16.8. The number of anilines is 1. The highest BCUT2D eigenvalue weighted by molar-refractivity contribution is 6.30. The Labute approximate surface area is 180 Å². The molecule has 0 unspecified atom stereocenters. The second-order valence-electron chi connectivity index (χ2n) is 7.71. The molecule has 9 heteroatoms. The number of amides is 2. The van der Waals surface area contributed by atoms with Crippen molar-refractivity contribution in [2.24, 2.45) is 0 Å². The summed E-state index contributed by atoms with van der Waals surface area (Å²) >= 11 is 5.86. The summed E-state index contributed by atoms with van der Waals surface area (Å²) in [6, 6.07) is 4.29. The molecule has 1 aromatic carbocycles. The summed E-state index contributed by atoms with van der Waals surface area (Å²) in [4.78, 5) is 23.6. The number of fused-ring (bicyclic) bond motifs is 1. The Hall–Kier alpha value is -2.45. The minimum atomic E-state index is -0.476. The maximum atomic E-state index is 13.4. The van der Waals surface area contributed by atoms with Crippen LogP contribution in [0.2, 0.25) is 5.02 Å². The number of nitrogens with one attached hydrogen (secondary N) is 2. The molecular formula is C21H25ClFN5O2. The van der Waals surface area contributed by atoms with Crippen LogP contribution in [0.3, 0.4) is 0 Å². The van der Waals surface area contributed by atoms with Crippen LogP contribution in [0.4, 0.5) is 15.1 Å². The SMILES string of the molecule is C[C@@H](NC(=O)N1CCc2cnc(NC3CCOCC3)nc2C1)c1ccc(F)c(Cl)c1. The molecule has 1 fully saturated rings. The summed E-state index contributed by atoms with van der Waals surface area (Å²) in [5.74, 6) is 0.119. The van der Waals surface area contributed by atoms with Gasteiger partial charge in [-0.3, -0.25) is 0 Å². The average molecular weight is 434 g/mol. The van der Waals surface area contributed by atoms with E-state index in [1.807, 2.05) is 13.1 Å². The summed E-state index contributed by atoms with van der Waals surface area (Å²) in [5.41, 5.74) is 2.67. The Bertz CT molecular complexity index is 922. The molecule has 1 aromatic heterocycles. The summed E-state index contributed by atoms with van der Waals surface area (Å²) in [6.07, 6.45) is 4.42. The van der Waals surface area contributed by atoms with E-state index in [1.54, 1.807) is 11.0 Å². The zero-order chi connectivity index (χ0) is 21.1. The van der Waals surface area contributed by atoms with E-state index in [4.69, 9.17) is 16.3 Å². The molecule has 1 saturated heterocycles. The van der Waals surface area contributed by atoms with Crippen LogP contribution in [0.15, 0.2) is 24.4 Å². The number of carbonyl (C=O) groups excluding carboxylic acids is 1. The van der Waals surface area contributed by atoms with E-state index in [0.717, 1.165) is 42.9 Å². The molecule has 2 aromatic rings. The van der Waals surface area contributed by atoms with Crippen molar-refractivity contribution >= 4 is 23.6 Å². The number of carbonyl (C=O) groups is 1. The Morgan fingerprint density at radius 1 is 1.37 bits per heavy atom. The maximum Gasteiger partial charge on any atom is 0.318 e. The molecule has 3 heterocycles. The van der Waals surface area contributed by atoms with Gasteiger partial charge in [-0.1, -0.05) is 17.7 Å². The zero-order valence-corrected chi connectivity index (χ0v) is 17.6. The monoisotopic (exact) mass is 433 g/mol. The smallest absolute Gasteiger partial charge is 0.318 e. The molecular weight excluding hydrogens is 409 g/mol. The fourth-order valence-electron chi connectivity index (χ4n) is 3.71. The lowest BCUT2D eigenvalue weighted by Crippen LogP contribution is -2.44. The molecule has 2 N–H and O–H groups in total. The van der Waals surface area contributed by atoms with Gasteiger partial charge in [-0.15, -0.1) is 0 Å². The second-order valence-corrected chi connectivity index (χ2v) is 8.12. The highest BCUT2D eigenvalue weighted by Gasteiger charge is 2.24. The first-order valence-corrected chi connectivity index (χ1v) is 10.6. The van der Waals surface area contributed by atoms with Gasteiger partial charge >= 0.3 is 6.03 Å². The first kappa shape index (κ1) is 20.8. The lowest BCUT2D eigenvalue weighted by atomic mass is 10.1.